The van der Waals surface area contributed by atoms with E-state index in [2.05, 4.69) is 0 Å². The zero-order valence-electron chi connectivity index (χ0n) is 14.4. The predicted molar refractivity (Wildman–Crippen MR) is 102 cm³/mol. The maximum Gasteiger partial charge on any atom is 0.234 e. The summed E-state index contributed by atoms with van der Waals surface area (Å²) in [5.74, 6) is 0.877. The molecule has 0 spiro atoms. The van der Waals surface area contributed by atoms with Gasteiger partial charge in [0.25, 0.3) is 0 Å². The third-order valence-electron chi connectivity index (χ3n) is 5.26. The lowest BCUT2D eigenvalue weighted by Crippen LogP contribution is -2.31. The van der Waals surface area contributed by atoms with Crippen LogP contribution in [-0.2, 0) is 4.79 Å². The molecule has 6 rings (SSSR count). The zero-order chi connectivity index (χ0) is 18.8. The number of hydrogen-bond acceptors (Lipinski definition) is 6. The van der Waals surface area contributed by atoms with Crippen LogP contribution in [0.25, 0.3) is 5.76 Å². The van der Waals surface area contributed by atoms with E-state index in [1.165, 1.54) is 0 Å². The minimum atomic E-state index is -0.518. The molecule has 5 nitrogen and oxygen atoms in total. The number of hydrogen-bond donors (Lipinski definition) is 0. The van der Waals surface area contributed by atoms with Gasteiger partial charge in [-0.15, -0.1) is 11.3 Å². The van der Waals surface area contributed by atoms with E-state index >= 15 is 0 Å². The van der Waals surface area contributed by atoms with Crippen LogP contribution in [0.4, 0.5) is 0 Å². The third-order valence-corrected chi connectivity index (χ3v) is 6.19. The summed E-state index contributed by atoms with van der Waals surface area (Å²) in [6.07, 6.45) is 0. The van der Waals surface area contributed by atoms with Gasteiger partial charge in [0.15, 0.2) is 11.5 Å². The molecular formula is C22H12O5S. The van der Waals surface area contributed by atoms with Crippen LogP contribution in [0.1, 0.15) is 32.3 Å². The van der Waals surface area contributed by atoms with Gasteiger partial charge in [0.1, 0.15) is 11.5 Å². The minimum absolute atomic E-state index is 0.148. The van der Waals surface area contributed by atoms with E-state index in [1.807, 2.05) is 35.7 Å². The molecule has 0 amide bonds. The van der Waals surface area contributed by atoms with Crippen molar-refractivity contribution in [3.05, 3.63) is 81.1 Å². The Bertz CT molecular complexity index is 1210. The summed E-state index contributed by atoms with van der Waals surface area (Å²) in [6, 6.07) is 14.6. The summed E-state index contributed by atoms with van der Waals surface area (Å²) in [6.45, 7) is 0.148. The van der Waals surface area contributed by atoms with Crippen molar-refractivity contribution >= 4 is 28.7 Å². The minimum Gasteiger partial charge on any atom is -0.456 e. The number of carbonyl (C=O) groups is 2. The van der Waals surface area contributed by atoms with E-state index < -0.39 is 17.5 Å². The van der Waals surface area contributed by atoms with Gasteiger partial charge in [0.2, 0.25) is 18.4 Å². The van der Waals surface area contributed by atoms with Gasteiger partial charge in [-0.25, -0.2) is 0 Å². The Morgan fingerprint density at radius 2 is 1.64 bits per heavy atom. The molecule has 0 saturated heterocycles. The normalized spacial score (nSPS) is 19.1. The number of ether oxygens (including phenoxy) is 3. The monoisotopic (exact) mass is 388 g/mol. The molecule has 136 valence electrons. The molecule has 1 aliphatic carbocycles. The van der Waals surface area contributed by atoms with Crippen molar-refractivity contribution in [2.75, 3.05) is 6.79 Å². The first-order valence-corrected chi connectivity index (χ1v) is 9.67. The van der Waals surface area contributed by atoms with Gasteiger partial charge in [-0.1, -0.05) is 30.3 Å². The second-order valence-electron chi connectivity index (χ2n) is 6.74. The van der Waals surface area contributed by atoms with Crippen LogP contribution in [0.5, 0.6) is 17.2 Å². The highest BCUT2D eigenvalue weighted by atomic mass is 32.1. The second kappa shape index (κ2) is 5.56. The Balaban J connectivity index is 1.66. The van der Waals surface area contributed by atoms with Gasteiger partial charge < -0.3 is 14.2 Å². The Kier molecular flexibility index (Phi) is 3.11. The lowest BCUT2D eigenvalue weighted by atomic mass is 9.77. The van der Waals surface area contributed by atoms with Gasteiger partial charge in [-0.3, -0.25) is 9.59 Å². The molecule has 28 heavy (non-hydrogen) atoms. The molecule has 3 aromatic rings. The molecule has 3 heterocycles. The molecule has 2 aromatic carbocycles. The standard InChI is InChI=1S/C22H12O5S/c23-20-11-4-1-2-5-12(11)22-19(21(20)24)18(17-6-3-7-28-17)13-8-15-16(26-10-25-15)9-14(13)27-22/h1-9,18H,10H2. The molecule has 3 aliphatic rings. The van der Waals surface area contributed by atoms with Crippen LogP contribution >= 0.6 is 11.3 Å². The van der Waals surface area contributed by atoms with Gasteiger partial charge in [-0.2, -0.15) is 0 Å². The summed E-state index contributed by atoms with van der Waals surface area (Å²) in [5, 5.41) is 1.96. The van der Waals surface area contributed by atoms with Crippen molar-refractivity contribution in [3.63, 3.8) is 0 Å². The summed E-state index contributed by atoms with van der Waals surface area (Å²) >= 11 is 1.54. The Morgan fingerprint density at radius 3 is 2.43 bits per heavy atom. The molecule has 1 unspecified atom stereocenters. The number of thiophene rings is 1. The fraction of sp³-hybridized carbons (Fsp3) is 0.0909. The average molecular weight is 388 g/mol. The maximum atomic E-state index is 13.1. The molecule has 0 radical (unpaired) electrons. The number of Topliss-reactive ketones (excluding diaryl/α,β-unsaturated/α-hetero) is 2. The second-order valence-corrected chi connectivity index (χ2v) is 7.72. The molecule has 0 N–H and O–H groups in total. The number of ketones is 2. The van der Waals surface area contributed by atoms with Crippen LogP contribution < -0.4 is 14.2 Å². The van der Waals surface area contributed by atoms with E-state index in [9.17, 15) is 9.59 Å². The predicted octanol–water partition coefficient (Wildman–Crippen LogP) is 4.18. The van der Waals surface area contributed by atoms with Crippen LogP contribution in [0.3, 0.4) is 0 Å². The van der Waals surface area contributed by atoms with Crippen LogP contribution in [-0.4, -0.2) is 18.4 Å². The molecule has 1 aromatic heterocycles. The molecule has 1 atom stereocenters. The highest BCUT2D eigenvalue weighted by molar-refractivity contribution is 7.10. The fourth-order valence-corrected chi connectivity index (χ4v) is 4.87. The SMILES string of the molecule is O=C1C(=O)c2ccccc2C2=C1C(c1cccs1)c1cc3c(cc1O2)OCO3. The summed E-state index contributed by atoms with van der Waals surface area (Å²) in [7, 11) is 0. The molecular weight excluding hydrogens is 376 g/mol. The van der Waals surface area contributed by atoms with Crippen molar-refractivity contribution < 1.29 is 23.8 Å². The van der Waals surface area contributed by atoms with Gasteiger partial charge >= 0.3 is 0 Å². The van der Waals surface area contributed by atoms with Gasteiger partial charge in [-0.05, 0) is 17.5 Å². The molecule has 0 bridgehead atoms. The highest BCUT2D eigenvalue weighted by Gasteiger charge is 2.43. The molecule has 2 aliphatic heterocycles. The van der Waals surface area contributed by atoms with Crippen LogP contribution in [0.2, 0.25) is 0 Å². The quantitative estimate of drug-likeness (QED) is 0.586. The summed E-state index contributed by atoms with van der Waals surface area (Å²) in [4.78, 5) is 26.9. The number of fused-ring (bicyclic) bond motifs is 4. The van der Waals surface area contributed by atoms with Crippen molar-refractivity contribution in [1.29, 1.82) is 0 Å². The largest absolute Gasteiger partial charge is 0.456 e. The fourth-order valence-electron chi connectivity index (χ4n) is 4.01. The number of rotatable bonds is 1. The Morgan fingerprint density at radius 1 is 0.857 bits per heavy atom. The average Bonchev–Trinajstić information content (AvgIpc) is 3.40. The van der Waals surface area contributed by atoms with Crippen molar-refractivity contribution in [1.82, 2.24) is 0 Å². The number of carbonyl (C=O) groups excluding carboxylic acids is 2. The molecule has 6 heteroatoms. The zero-order valence-corrected chi connectivity index (χ0v) is 15.2. The first-order valence-electron chi connectivity index (χ1n) is 8.80. The third kappa shape index (κ3) is 2.00. The van der Waals surface area contributed by atoms with Gasteiger partial charge in [0, 0.05) is 27.6 Å². The lowest BCUT2D eigenvalue weighted by molar-refractivity contribution is -0.112. The first-order chi connectivity index (χ1) is 13.7. The topological polar surface area (TPSA) is 61.8 Å². The first kappa shape index (κ1) is 15.7. The number of allylic oxidation sites excluding steroid dienone is 1. The van der Waals surface area contributed by atoms with Crippen molar-refractivity contribution in [3.8, 4) is 17.2 Å². The molecule has 0 fully saturated rings. The summed E-state index contributed by atoms with van der Waals surface area (Å²) < 4.78 is 17.2. The van der Waals surface area contributed by atoms with E-state index in [1.54, 1.807) is 29.5 Å². The maximum absolute atomic E-state index is 13.1. The molecule has 0 saturated carbocycles. The van der Waals surface area contributed by atoms with E-state index in [4.69, 9.17) is 14.2 Å². The van der Waals surface area contributed by atoms with E-state index in [0.717, 1.165) is 10.4 Å². The van der Waals surface area contributed by atoms with Crippen LogP contribution in [0.15, 0.2) is 59.5 Å². The summed E-state index contributed by atoms with van der Waals surface area (Å²) in [5.41, 5.74) is 2.20. The van der Waals surface area contributed by atoms with Crippen molar-refractivity contribution in [2.24, 2.45) is 0 Å². The Hall–Kier alpha value is -3.38. The van der Waals surface area contributed by atoms with Crippen molar-refractivity contribution in [2.45, 2.75) is 5.92 Å². The number of benzene rings is 2. The highest BCUT2D eigenvalue weighted by Crippen LogP contribution is 2.52. The van der Waals surface area contributed by atoms with Crippen LogP contribution in [0, 0.1) is 0 Å². The van der Waals surface area contributed by atoms with E-state index in [-0.39, 0.29) is 6.79 Å². The Labute approximate surface area is 163 Å². The van der Waals surface area contributed by atoms with Gasteiger partial charge in [0.05, 0.1) is 11.5 Å². The van der Waals surface area contributed by atoms with E-state index in [0.29, 0.717) is 39.7 Å². The smallest absolute Gasteiger partial charge is 0.234 e. The lowest BCUT2D eigenvalue weighted by Gasteiger charge is -2.32.